The first-order chi connectivity index (χ1) is 8.72. The highest BCUT2D eigenvalue weighted by Crippen LogP contribution is 2.19. The Morgan fingerprint density at radius 2 is 2.11 bits per heavy atom. The van der Waals surface area contributed by atoms with Crippen molar-refractivity contribution in [2.45, 2.75) is 38.6 Å². The molecule has 0 bridgehead atoms. The van der Waals surface area contributed by atoms with Gasteiger partial charge in [-0.15, -0.1) is 0 Å². The van der Waals surface area contributed by atoms with Crippen LogP contribution >= 0.6 is 0 Å². The Hall–Kier alpha value is -1.82. The first-order valence-corrected chi connectivity index (χ1v) is 6.49. The van der Waals surface area contributed by atoms with Crippen LogP contribution in [0.25, 0.3) is 0 Å². The van der Waals surface area contributed by atoms with E-state index in [4.69, 9.17) is 5.26 Å². The highest BCUT2D eigenvalue weighted by atomic mass is 16.2. The minimum Gasteiger partial charge on any atom is -0.336 e. The number of likely N-dealkylation sites (tertiary alicyclic amines) is 1. The van der Waals surface area contributed by atoms with E-state index in [-0.39, 0.29) is 5.91 Å². The van der Waals surface area contributed by atoms with Crippen molar-refractivity contribution in [1.29, 1.82) is 5.26 Å². The number of hydrogen-bond donors (Lipinski definition) is 0. The lowest BCUT2D eigenvalue weighted by molar-refractivity contribution is 0.0635. The number of hydrogen-bond acceptors (Lipinski definition) is 2. The van der Waals surface area contributed by atoms with E-state index in [0.29, 0.717) is 12.5 Å². The van der Waals surface area contributed by atoms with Gasteiger partial charge in [0.05, 0.1) is 12.5 Å². The van der Waals surface area contributed by atoms with Crippen molar-refractivity contribution in [2.75, 3.05) is 6.54 Å². The third kappa shape index (κ3) is 2.70. The summed E-state index contributed by atoms with van der Waals surface area (Å²) in [6.07, 6.45) is 3.81. The number of piperidine rings is 1. The van der Waals surface area contributed by atoms with Crippen LogP contribution in [-0.4, -0.2) is 23.4 Å². The van der Waals surface area contributed by atoms with Crippen molar-refractivity contribution in [3.8, 4) is 6.07 Å². The number of carbonyl (C=O) groups is 1. The number of amides is 1. The lowest BCUT2D eigenvalue weighted by Gasteiger charge is -2.33. The molecule has 1 atom stereocenters. The highest BCUT2D eigenvalue weighted by Gasteiger charge is 2.23. The van der Waals surface area contributed by atoms with Gasteiger partial charge in [0.2, 0.25) is 0 Å². The molecule has 1 fully saturated rings. The fraction of sp³-hybridized carbons (Fsp3) is 0.467. The average Bonchev–Trinajstić information content (AvgIpc) is 2.40. The summed E-state index contributed by atoms with van der Waals surface area (Å²) in [7, 11) is 0. The molecule has 1 aliphatic heterocycles. The summed E-state index contributed by atoms with van der Waals surface area (Å²) < 4.78 is 0. The molecular weight excluding hydrogens is 224 g/mol. The maximum Gasteiger partial charge on any atom is 0.254 e. The second kappa shape index (κ2) is 5.68. The smallest absolute Gasteiger partial charge is 0.254 e. The Balaban J connectivity index is 2.10. The molecule has 1 aromatic rings. The van der Waals surface area contributed by atoms with Crippen LogP contribution in [0.15, 0.2) is 24.3 Å². The van der Waals surface area contributed by atoms with Crippen LogP contribution in [0.4, 0.5) is 0 Å². The predicted octanol–water partition coefficient (Wildman–Crippen LogP) is 2.77. The van der Waals surface area contributed by atoms with Gasteiger partial charge in [0.1, 0.15) is 0 Å². The first-order valence-electron chi connectivity index (χ1n) is 6.49. The maximum absolute atomic E-state index is 12.3. The molecular formula is C15H18N2O. The van der Waals surface area contributed by atoms with Gasteiger partial charge in [0.15, 0.2) is 0 Å². The fourth-order valence-corrected chi connectivity index (χ4v) is 2.42. The van der Waals surface area contributed by atoms with Crippen LogP contribution in [0, 0.1) is 11.3 Å². The maximum atomic E-state index is 12.3. The summed E-state index contributed by atoms with van der Waals surface area (Å²) in [6.45, 7) is 2.97. The Kier molecular flexibility index (Phi) is 3.99. The molecule has 1 heterocycles. The molecule has 1 amide bonds. The van der Waals surface area contributed by atoms with Crippen molar-refractivity contribution in [1.82, 2.24) is 4.90 Å². The third-order valence-corrected chi connectivity index (χ3v) is 3.55. The van der Waals surface area contributed by atoms with Gasteiger partial charge in [-0.1, -0.05) is 12.1 Å². The van der Waals surface area contributed by atoms with E-state index in [1.165, 1.54) is 6.42 Å². The Morgan fingerprint density at radius 3 is 2.72 bits per heavy atom. The van der Waals surface area contributed by atoms with Crippen LogP contribution in [-0.2, 0) is 6.42 Å². The van der Waals surface area contributed by atoms with Crippen LogP contribution in [0.5, 0.6) is 0 Å². The van der Waals surface area contributed by atoms with Gasteiger partial charge in [-0.25, -0.2) is 0 Å². The van der Waals surface area contributed by atoms with Crippen molar-refractivity contribution in [3.63, 3.8) is 0 Å². The molecule has 0 spiro atoms. The van der Waals surface area contributed by atoms with Crippen LogP contribution in [0.2, 0.25) is 0 Å². The summed E-state index contributed by atoms with van der Waals surface area (Å²) in [5.74, 6) is 0.116. The predicted molar refractivity (Wildman–Crippen MR) is 70.1 cm³/mol. The molecule has 2 rings (SSSR count). The van der Waals surface area contributed by atoms with Crippen molar-refractivity contribution >= 4 is 5.91 Å². The Bertz CT molecular complexity index is 458. The standard InChI is InChI=1S/C15H18N2O/c1-12-4-2-3-11-17(12)15(18)14-7-5-13(6-8-14)9-10-16/h5-8,12H,2-4,9,11H2,1H3. The second-order valence-electron chi connectivity index (χ2n) is 4.88. The second-order valence-corrected chi connectivity index (χ2v) is 4.88. The number of nitrogens with zero attached hydrogens (tertiary/aromatic N) is 2. The molecule has 94 valence electrons. The van der Waals surface area contributed by atoms with Crippen molar-refractivity contribution in [2.24, 2.45) is 0 Å². The quantitative estimate of drug-likeness (QED) is 0.800. The van der Waals surface area contributed by atoms with Gasteiger partial charge in [0.25, 0.3) is 5.91 Å². The number of nitriles is 1. The molecule has 1 aromatic carbocycles. The molecule has 0 N–H and O–H groups in total. The molecule has 3 heteroatoms. The van der Waals surface area contributed by atoms with Gasteiger partial charge in [-0.2, -0.15) is 5.26 Å². The van der Waals surface area contributed by atoms with E-state index in [9.17, 15) is 4.79 Å². The number of rotatable bonds is 2. The summed E-state index contributed by atoms with van der Waals surface area (Å²) in [6, 6.07) is 9.84. The van der Waals surface area contributed by atoms with Gasteiger partial charge in [0, 0.05) is 18.2 Å². The lowest BCUT2D eigenvalue weighted by atomic mass is 10.0. The van der Waals surface area contributed by atoms with E-state index in [1.54, 1.807) is 0 Å². The Morgan fingerprint density at radius 1 is 1.39 bits per heavy atom. The van der Waals surface area contributed by atoms with Gasteiger partial charge in [-0.3, -0.25) is 4.79 Å². The number of carbonyl (C=O) groups excluding carboxylic acids is 1. The van der Waals surface area contributed by atoms with Crippen molar-refractivity contribution < 1.29 is 4.79 Å². The largest absolute Gasteiger partial charge is 0.336 e. The third-order valence-electron chi connectivity index (χ3n) is 3.55. The van der Waals surface area contributed by atoms with Crippen LogP contribution < -0.4 is 0 Å². The van der Waals surface area contributed by atoms with Crippen LogP contribution in [0.3, 0.4) is 0 Å². The van der Waals surface area contributed by atoms with Crippen molar-refractivity contribution in [3.05, 3.63) is 35.4 Å². The minimum absolute atomic E-state index is 0.116. The summed E-state index contributed by atoms with van der Waals surface area (Å²) >= 11 is 0. The Labute approximate surface area is 108 Å². The van der Waals surface area contributed by atoms with E-state index < -0.39 is 0 Å². The normalized spacial score (nSPS) is 19.3. The zero-order valence-corrected chi connectivity index (χ0v) is 10.7. The molecule has 1 saturated heterocycles. The monoisotopic (exact) mass is 242 g/mol. The molecule has 0 aromatic heterocycles. The van der Waals surface area contributed by atoms with Gasteiger partial charge in [-0.05, 0) is 43.9 Å². The summed E-state index contributed by atoms with van der Waals surface area (Å²) in [5, 5.41) is 8.61. The lowest BCUT2D eigenvalue weighted by Crippen LogP contribution is -2.42. The van der Waals surface area contributed by atoms with Crippen LogP contribution in [0.1, 0.15) is 42.1 Å². The topological polar surface area (TPSA) is 44.1 Å². The molecule has 0 aliphatic carbocycles. The highest BCUT2D eigenvalue weighted by molar-refractivity contribution is 5.94. The van der Waals surface area contributed by atoms with Gasteiger partial charge >= 0.3 is 0 Å². The van der Waals surface area contributed by atoms with E-state index in [1.807, 2.05) is 29.2 Å². The fourth-order valence-electron chi connectivity index (χ4n) is 2.42. The molecule has 1 aliphatic rings. The zero-order chi connectivity index (χ0) is 13.0. The zero-order valence-electron chi connectivity index (χ0n) is 10.7. The molecule has 3 nitrogen and oxygen atoms in total. The van der Waals surface area contributed by atoms with E-state index in [2.05, 4.69) is 13.0 Å². The van der Waals surface area contributed by atoms with E-state index in [0.717, 1.165) is 30.5 Å². The summed E-state index contributed by atoms with van der Waals surface area (Å²) in [4.78, 5) is 14.3. The molecule has 0 radical (unpaired) electrons. The summed E-state index contributed by atoms with van der Waals surface area (Å²) in [5.41, 5.74) is 1.69. The SMILES string of the molecule is CC1CCCCN1C(=O)c1ccc(CC#N)cc1. The average molecular weight is 242 g/mol. The van der Waals surface area contributed by atoms with E-state index >= 15 is 0 Å². The molecule has 18 heavy (non-hydrogen) atoms. The molecule has 1 unspecified atom stereocenters. The minimum atomic E-state index is 0.116. The number of benzene rings is 1. The van der Waals surface area contributed by atoms with Gasteiger partial charge < -0.3 is 4.90 Å². The first kappa shape index (κ1) is 12.6. The molecule has 0 saturated carbocycles.